The lowest BCUT2D eigenvalue weighted by Gasteiger charge is -2.16. The van der Waals surface area contributed by atoms with Crippen LogP contribution in [0, 0.1) is 20.8 Å². The van der Waals surface area contributed by atoms with Gasteiger partial charge in [-0.1, -0.05) is 17.7 Å². The molecule has 2 heterocycles. The van der Waals surface area contributed by atoms with E-state index in [9.17, 15) is 9.90 Å². The fourth-order valence-electron chi connectivity index (χ4n) is 3.43. The fraction of sp³-hybridized carbons (Fsp3) is 0.238. The minimum Gasteiger partial charge on any atom is -0.481 e. The predicted molar refractivity (Wildman–Crippen MR) is 98.9 cm³/mol. The smallest absolute Gasteiger partial charge is 0.307 e. The number of pyridine rings is 1. The number of nitrogens with zero attached hydrogens (tertiary/aromatic N) is 1. The second-order valence-electron chi connectivity index (χ2n) is 6.68. The van der Waals surface area contributed by atoms with Gasteiger partial charge in [0.05, 0.1) is 17.6 Å². The van der Waals surface area contributed by atoms with Crippen LogP contribution in [0.4, 0.5) is 0 Å². The number of benzene rings is 2. The maximum absolute atomic E-state index is 11.5. The van der Waals surface area contributed by atoms with Gasteiger partial charge in [0, 0.05) is 17.0 Å². The van der Waals surface area contributed by atoms with Crippen molar-refractivity contribution in [3.8, 4) is 22.8 Å². The predicted octanol–water partition coefficient (Wildman–Crippen LogP) is 4.18. The minimum atomic E-state index is -0.874. The number of hydrogen-bond donors (Lipinski definition) is 1. The minimum absolute atomic E-state index is 0.0774. The maximum Gasteiger partial charge on any atom is 0.307 e. The number of fused-ring (bicyclic) bond motifs is 2. The molecule has 2 aromatic carbocycles. The van der Waals surface area contributed by atoms with Crippen molar-refractivity contribution in [2.45, 2.75) is 27.2 Å². The Labute approximate surface area is 151 Å². The van der Waals surface area contributed by atoms with Crippen molar-refractivity contribution in [1.82, 2.24) is 4.98 Å². The Morgan fingerprint density at radius 2 is 1.85 bits per heavy atom. The van der Waals surface area contributed by atoms with Crippen LogP contribution >= 0.6 is 0 Å². The van der Waals surface area contributed by atoms with E-state index in [1.807, 2.05) is 45.0 Å². The molecular formula is C21H19NO4. The summed E-state index contributed by atoms with van der Waals surface area (Å²) >= 11 is 0. The third-order valence-corrected chi connectivity index (χ3v) is 4.84. The van der Waals surface area contributed by atoms with Gasteiger partial charge < -0.3 is 14.6 Å². The van der Waals surface area contributed by atoms with Gasteiger partial charge in [-0.3, -0.25) is 4.79 Å². The molecular weight excluding hydrogens is 330 g/mol. The second kappa shape index (κ2) is 6.02. The highest BCUT2D eigenvalue weighted by Gasteiger charge is 2.21. The molecule has 0 amide bonds. The standard InChI is InChI=1S/C21H19NO4/c1-11-4-5-12(2)14(6-11)21-16(8-20(23)24)13(3)15-7-18-19(26-10-25-18)9-17(15)22-21/h4-7,9H,8,10H2,1-3H3,(H,23,24). The quantitative estimate of drug-likeness (QED) is 0.768. The number of aromatic nitrogens is 1. The molecule has 1 aromatic heterocycles. The molecule has 1 aliphatic heterocycles. The molecule has 0 bridgehead atoms. The summed E-state index contributed by atoms with van der Waals surface area (Å²) in [4.78, 5) is 16.3. The lowest BCUT2D eigenvalue weighted by atomic mass is 9.92. The molecule has 0 saturated heterocycles. The van der Waals surface area contributed by atoms with Crippen LogP contribution in [0.25, 0.3) is 22.2 Å². The summed E-state index contributed by atoms with van der Waals surface area (Å²) in [5.74, 6) is 0.465. The first kappa shape index (κ1) is 16.4. The molecule has 5 heteroatoms. The molecule has 5 nitrogen and oxygen atoms in total. The zero-order chi connectivity index (χ0) is 18.4. The first-order valence-corrected chi connectivity index (χ1v) is 8.46. The largest absolute Gasteiger partial charge is 0.481 e. The van der Waals surface area contributed by atoms with Gasteiger partial charge in [0.2, 0.25) is 6.79 Å². The van der Waals surface area contributed by atoms with Crippen molar-refractivity contribution in [1.29, 1.82) is 0 Å². The monoisotopic (exact) mass is 349 g/mol. The summed E-state index contributed by atoms with van der Waals surface area (Å²) in [7, 11) is 0. The van der Waals surface area contributed by atoms with Crippen LogP contribution in [0.1, 0.15) is 22.3 Å². The zero-order valence-corrected chi connectivity index (χ0v) is 14.9. The van der Waals surface area contributed by atoms with Crippen LogP contribution < -0.4 is 9.47 Å². The molecule has 1 aliphatic rings. The van der Waals surface area contributed by atoms with Crippen molar-refractivity contribution >= 4 is 16.9 Å². The van der Waals surface area contributed by atoms with E-state index < -0.39 is 5.97 Å². The van der Waals surface area contributed by atoms with Crippen LogP contribution in [-0.2, 0) is 11.2 Å². The lowest BCUT2D eigenvalue weighted by molar-refractivity contribution is -0.136. The van der Waals surface area contributed by atoms with E-state index in [1.165, 1.54) is 0 Å². The van der Waals surface area contributed by atoms with E-state index in [4.69, 9.17) is 14.5 Å². The topological polar surface area (TPSA) is 68.7 Å². The van der Waals surface area contributed by atoms with Gasteiger partial charge in [0.15, 0.2) is 11.5 Å². The average Bonchev–Trinajstić information content (AvgIpc) is 3.05. The fourth-order valence-corrected chi connectivity index (χ4v) is 3.43. The molecule has 0 fully saturated rings. The van der Waals surface area contributed by atoms with Crippen molar-refractivity contribution in [2.75, 3.05) is 6.79 Å². The summed E-state index contributed by atoms with van der Waals surface area (Å²) in [6.07, 6.45) is -0.0774. The molecule has 3 aromatic rings. The van der Waals surface area contributed by atoms with E-state index in [-0.39, 0.29) is 13.2 Å². The third kappa shape index (κ3) is 2.65. The van der Waals surface area contributed by atoms with Crippen LogP contribution in [-0.4, -0.2) is 22.9 Å². The highest BCUT2D eigenvalue weighted by molar-refractivity contribution is 5.92. The van der Waals surface area contributed by atoms with Gasteiger partial charge in [-0.2, -0.15) is 0 Å². The number of rotatable bonds is 3. The number of aliphatic carboxylic acids is 1. The molecule has 1 N–H and O–H groups in total. The maximum atomic E-state index is 11.5. The molecule has 0 atom stereocenters. The summed E-state index contributed by atoms with van der Waals surface area (Å²) in [5.41, 5.74) is 6.27. The van der Waals surface area contributed by atoms with Crippen molar-refractivity contribution in [3.05, 3.63) is 52.6 Å². The van der Waals surface area contributed by atoms with Gasteiger partial charge in [-0.25, -0.2) is 4.98 Å². The van der Waals surface area contributed by atoms with Crippen molar-refractivity contribution in [3.63, 3.8) is 0 Å². The highest BCUT2D eigenvalue weighted by atomic mass is 16.7. The van der Waals surface area contributed by atoms with Gasteiger partial charge in [0.25, 0.3) is 0 Å². The molecule has 26 heavy (non-hydrogen) atoms. The number of ether oxygens (including phenoxy) is 2. The van der Waals surface area contributed by atoms with E-state index in [0.717, 1.165) is 44.4 Å². The van der Waals surface area contributed by atoms with E-state index in [1.54, 1.807) is 0 Å². The Balaban J connectivity index is 2.05. The van der Waals surface area contributed by atoms with Gasteiger partial charge >= 0.3 is 5.97 Å². The lowest BCUT2D eigenvalue weighted by Crippen LogP contribution is -2.07. The SMILES string of the molecule is Cc1ccc(C)c(-c2nc3cc4c(cc3c(C)c2CC(=O)O)OCO4)c1. The summed E-state index contributed by atoms with van der Waals surface area (Å²) in [6, 6.07) is 9.89. The van der Waals surface area contributed by atoms with Crippen LogP contribution in [0.2, 0.25) is 0 Å². The number of hydrogen-bond acceptors (Lipinski definition) is 4. The Morgan fingerprint density at radius 1 is 1.12 bits per heavy atom. The Bertz CT molecular complexity index is 1060. The van der Waals surface area contributed by atoms with Crippen LogP contribution in [0.5, 0.6) is 11.5 Å². The highest BCUT2D eigenvalue weighted by Crippen LogP contribution is 2.39. The Morgan fingerprint density at radius 3 is 2.58 bits per heavy atom. The first-order chi connectivity index (χ1) is 12.4. The molecule has 0 spiro atoms. The molecule has 132 valence electrons. The van der Waals surface area contributed by atoms with Gasteiger partial charge in [0.1, 0.15) is 0 Å². The Kier molecular flexibility index (Phi) is 3.80. The summed E-state index contributed by atoms with van der Waals surface area (Å²) < 4.78 is 10.9. The molecule has 0 aliphatic carbocycles. The van der Waals surface area contributed by atoms with Crippen LogP contribution in [0.3, 0.4) is 0 Å². The number of carboxylic acid groups (broad SMARTS) is 1. The Hall–Kier alpha value is -3.08. The van der Waals surface area contributed by atoms with Gasteiger partial charge in [-0.15, -0.1) is 0 Å². The van der Waals surface area contributed by atoms with Gasteiger partial charge in [-0.05, 0) is 49.6 Å². The number of carbonyl (C=O) groups is 1. The third-order valence-electron chi connectivity index (χ3n) is 4.84. The molecule has 4 rings (SSSR count). The summed E-state index contributed by atoms with van der Waals surface area (Å²) in [5, 5.41) is 10.3. The first-order valence-electron chi connectivity index (χ1n) is 8.46. The molecule has 0 radical (unpaired) electrons. The second-order valence-corrected chi connectivity index (χ2v) is 6.68. The number of aryl methyl sites for hydroxylation is 3. The van der Waals surface area contributed by atoms with E-state index in [2.05, 4.69) is 6.07 Å². The van der Waals surface area contributed by atoms with E-state index in [0.29, 0.717) is 11.5 Å². The zero-order valence-electron chi connectivity index (χ0n) is 14.9. The molecule has 0 unspecified atom stereocenters. The average molecular weight is 349 g/mol. The molecule has 0 saturated carbocycles. The summed E-state index contributed by atoms with van der Waals surface area (Å²) in [6.45, 7) is 6.17. The number of carboxylic acids is 1. The normalized spacial score (nSPS) is 12.6. The van der Waals surface area contributed by atoms with E-state index >= 15 is 0 Å². The van der Waals surface area contributed by atoms with Crippen LogP contribution in [0.15, 0.2) is 30.3 Å². The van der Waals surface area contributed by atoms with Crippen molar-refractivity contribution < 1.29 is 19.4 Å². The van der Waals surface area contributed by atoms with Crippen molar-refractivity contribution in [2.24, 2.45) is 0 Å².